The number of para-hydroxylation sites is 1. The summed E-state index contributed by atoms with van der Waals surface area (Å²) in [7, 11) is 0. The molecule has 0 aliphatic carbocycles. The predicted molar refractivity (Wildman–Crippen MR) is 104 cm³/mol. The van der Waals surface area contributed by atoms with Gasteiger partial charge in [-0.3, -0.25) is 4.79 Å². The highest BCUT2D eigenvalue weighted by molar-refractivity contribution is 6.33. The summed E-state index contributed by atoms with van der Waals surface area (Å²) in [5, 5.41) is 6.47. The number of halogens is 1. The van der Waals surface area contributed by atoms with Crippen molar-refractivity contribution < 1.29 is 4.79 Å². The third kappa shape index (κ3) is 5.04. The Morgan fingerprint density at radius 2 is 1.77 bits per heavy atom. The zero-order chi connectivity index (χ0) is 18.2. The van der Waals surface area contributed by atoms with Gasteiger partial charge in [0.15, 0.2) is 0 Å². The standard InChI is InChI=1S/C20H19ClN4O/c21-16-10-4-5-11-17(16)24-20-23-14-12-18(25-20)19(26)22-13-6-9-15-7-2-1-3-8-15/h1-5,7-8,10-12,14H,6,9,13H2,(H,22,26)(H,23,24,25). The first kappa shape index (κ1) is 17.9. The Morgan fingerprint density at radius 1 is 1.00 bits per heavy atom. The van der Waals surface area contributed by atoms with Crippen molar-refractivity contribution in [3.8, 4) is 0 Å². The lowest BCUT2D eigenvalue weighted by Gasteiger charge is -2.08. The number of amides is 1. The van der Waals surface area contributed by atoms with Crippen molar-refractivity contribution in [2.45, 2.75) is 12.8 Å². The van der Waals surface area contributed by atoms with E-state index in [-0.39, 0.29) is 5.91 Å². The van der Waals surface area contributed by atoms with Crippen LogP contribution in [0.1, 0.15) is 22.5 Å². The Morgan fingerprint density at radius 3 is 2.58 bits per heavy atom. The van der Waals surface area contributed by atoms with Crippen LogP contribution < -0.4 is 10.6 Å². The molecule has 3 rings (SSSR count). The van der Waals surface area contributed by atoms with Gasteiger partial charge in [0.05, 0.1) is 10.7 Å². The number of hydrogen-bond donors (Lipinski definition) is 2. The molecule has 1 aromatic heterocycles. The quantitative estimate of drug-likeness (QED) is 0.614. The molecule has 3 aromatic rings. The molecule has 26 heavy (non-hydrogen) atoms. The van der Waals surface area contributed by atoms with E-state index in [1.165, 1.54) is 5.56 Å². The fourth-order valence-electron chi connectivity index (χ4n) is 2.46. The molecule has 0 bridgehead atoms. The van der Waals surface area contributed by atoms with Gasteiger partial charge in [-0.05, 0) is 36.6 Å². The Bertz CT molecular complexity index is 870. The Labute approximate surface area is 157 Å². The highest BCUT2D eigenvalue weighted by Crippen LogP contribution is 2.22. The molecule has 0 radical (unpaired) electrons. The van der Waals surface area contributed by atoms with Crippen molar-refractivity contribution in [2.75, 3.05) is 11.9 Å². The highest BCUT2D eigenvalue weighted by atomic mass is 35.5. The van der Waals surface area contributed by atoms with Crippen molar-refractivity contribution in [3.63, 3.8) is 0 Å². The number of nitrogens with one attached hydrogen (secondary N) is 2. The summed E-state index contributed by atoms with van der Waals surface area (Å²) in [6.45, 7) is 0.588. The van der Waals surface area contributed by atoms with Crippen LogP contribution in [0.4, 0.5) is 11.6 Å². The van der Waals surface area contributed by atoms with Gasteiger partial charge in [0.25, 0.3) is 5.91 Å². The molecule has 6 heteroatoms. The van der Waals surface area contributed by atoms with Crippen LogP contribution in [0, 0.1) is 0 Å². The van der Waals surface area contributed by atoms with Gasteiger partial charge in [-0.25, -0.2) is 9.97 Å². The van der Waals surface area contributed by atoms with Gasteiger partial charge < -0.3 is 10.6 Å². The van der Waals surface area contributed by atoms with E-state index in [9.17, 15) is 4.79 Å². The van der Waals surface area contributed by atoms with Crippen molar-refractivity contribution in [2.24, 2.45) is 0 Å². The summed E-state index contributed by atoms with van der Waals surface area (Å²) >= 11 is 6.11. The SMILES string of the molecule is O=C(NCCCc1ccccc1)c1ccnc(Nc2ccccc2Cl)n1. The summed E-state index contributed by atoms with van der Waals surface area (Å²) in [6.07, 6.45) is 3.33. The van der Waals surface area contributed by atoms with E-state index in [2.05, 4.69) is 32.7 Å². The third-order valence-corrected chi connectivity index (χ3v) is 4.11. The van der Waals surface area contributed by atoms with Crippen molar-refractivity contribution in [3.05, 3.63) is 83.1 Å². The average molecular weight is 367 g/mol. The smallest absolute Gasteiger partial charge is 0.270 e. The molecule has 2 N–H and O–H groups in total. The second kappa shape index (κ2) is 8.97. The minimum atomic E-state index is -0.220. The number of aromatic nitrogens is 2. The van der Waals surface area contributed by atoms with Gasteiger partial charge in [-0.1, -0.05) is 54.1 Å². The van der Waals surface area contributed by atoms with Crippen LogP contribution in [-0.4, -0.2) is 22.4 Å². The summed E-state index contributed by atoms with van der Waals surface area (Å²) in [5.74, 6) is 0.109. The van der Waals surface area contributed by atoms with Gasteiger partial charge in [-0.2, -0.15) is 0 Å². The van der Waals surface area contributed by atoms with Crippen molar-refractivity contribution in [1.82, 2.24) is 15.3 Å². The van der Waals surface area contributed by atoms with Gasteiger partial charge in [0.2, 0.25) is 5.95 Å². The van der Waals surface area contributed by atoms with Gasteiger partial charge >= 0.3 is 0 Å². The van der Waals surface area contributed by atoms with E-state index in [0.717, 1.165) is 12.8 Å². The second-order valence-corrected chi connectivity index (χ2v) is 6.12. The molecular formula is C20H19ClN4O. The van der Waals surface area contributed by atoms with Crippen LogP contribution in [-0.2, 0) is 6.42 Å². The first-order valence-electron chi connectivity index (χ1n) is 8.39. The molecule has 0 saturated heterocycles. The van der Waals surface area contributed by atoms with E-state index in [1.54, 1.807) is 18.3 Å². The Hall–Kier alpha value is -2.92. The van der Waals surface area contributed by atoms with Crippen LogP contribution in [0.15, 0.2) is 66.9 Å². The van der Waals surface area contributed by atoms with Gasteiger partial charge in [-0.15, -0.1) is 0 Å². The lowest BCUT2D eigenvalue weighted by molar-refractivity contribution is 0.0948. The fourth-order valence-corrected chi connectivity index (χ4v) is 2.64. The predicted octanol–water partition coefficient (Wildman–Crippen LogP) is 4.24. The lowest BCUT2D eigenvalue weighted by Crippen LogP contribution is -2.26. The highest BCUT2D eigenvalue weighted by Gasteiger charge is 2.09. The lowest BCUT2D eigenvalue weighted by atomic mass is 10.1. The third-order valence-electron chi connectivity index (χ3n) is 3.78. The van der Waals surface area contributed by atoms with E-state index in [4.69, 9.17) is 11.6 Å². The number of nitrogens with zero attached hydrogens (tertiary/aromatic N) is 2. The van der Waals surface area contributed by atoms with Crippen molar-refractivity contribution >= 4 is 29.1 Å². The van der Waals surface area contributed by atoms with E-state index in [1.807, 2.05) is 36.4 Å². The molecule has 2 aromatic carbocycles. The number of rotatable bonds is 7. The average Bonchev–Trinajstić information content (AvgIpc) is 2.68. The molecule has 1 heterocycles. The topological polar surface area (TPSA) is 66.9 Å². The summed E-state index contributed by atoms with van der Waals surface area (Å²) in [6, 6.07) is 19.1. The van der Waals surface area contributed by atoms with Crippen molar-refractivity contribution in [1.29, 1.82) is 0 Å². The fraction of sp³-hybridized carbons (Fsp3) is 0.150. The summed E-state index contributed by atoms with van der Waals surface area (Å²) in [5.41, 5.74) is 2.26. The zero-order valence-corrected chi connectivity index (χ0v) is 14.9. The molecule has 0 saturated carbocycles. The number of anilines is 2. The maximum atomic E-state index is 12.3. The second-order valence-electron chi connectivity index (χ2n) is 5.72. The summed E-state index contributed by atoms with van der Waals surface area (Å²) in [4.78, 5) is 20.7. The van der Waals surface area contributed by atoms with Gasteiger partial charge in [0.1, 0.15) is 5.69 Å². The van der Waals surface area contributed by atoms with Crippen LogP contribution >= 0.6 is 11.6 Å². The molecule has 0 aliphatic heterocycles. The molecule has 0 spiro atoms. The molecule has 5 nitrogen and oxygen atoms in total. The maximum absolute atomic E-state index is 12.3. The number of hydrogen-bond acceptors (Lipinski definition) is 4. The minimum absolute atomic E-state index is 0.220. The largest absolute Gasteiger partial charge is 0.351 e. The number of benzene rings is 2. The molecule has 0 atom stereocenters. The minimum Gasteiger partial charge on any atom is -0.351 e. The number of carbonyl (C=O) groups excluding carboxylic acids is 1. The van der Waals surface area contributed by atoms with Crippen LogP contribution in [0.2, 0.25) is 5.02 Å². The number of carbonyl (C=O) groups is 1. The Kier molecular flexibility index (Phi) is 6.17. The molecule has 0 fully saturated rings. The molecular weight excluding hydrogens is 348 g/mol. The number of aryl methyl sites for hydroxylation is 1. The molecule has 0 aliphatic rings. The molecule has 132 valence electrons. The molecule has 1 amide bonds. The van der Waals surface area contributed by atoms with E-state index >= 15 is 0 Å². The first-order valence-corrected chi connectivity index (χ1v) is 8.77. The summed E-state index contributed by atoms with van der Waals surface area (Å²) < 4.78 is 0. The normalized spacial score (nSPS) is 10.3. The van der Waals surface area contributed by atoms with Crippen LogP contribution in [0.3, 0.4) is 0 Å². The Balaban J connectivity index is 1.54. The van der Waals surface area contributed by atoms with E-state index < -0.39 is 0 Å². The van der Waals surface area contributed by atoms with Crippen LogP contribution in [0.5, 0.6) is 0 Å². The van der Waals surface area contributed by atoms with E-state index in [0.29, 0.717) is 28.9 Å². The monoisotopic (exact) mass is 366 g/mol. The molecule has 0 unspecified atom stereocenters. The maximum Gasteiger partial charge on any atom is 0.270 e. The zero-order valence-electron chi connectivity index (χ0n) is 14.2. The van der Waals surface area contributed by atoms with Gasteiger partial charge in [0, 0.05) is 12.7 Å². The van der Waals surface area contributed by atoms with Crippen LogP contribution in [0.25, 0.3) is 0 Å². The first-order chi connectivity index (χ1) is 12.7.